The molecular weight excluding hydrogens is 726 g/mol. The largest absolute Gasteiger partial charge is 0.385 e. The summed E-state index contributed by atoms with van der Waals surface area (Å²) in [6.45, 7) is 11.1. The van der Waals surface area contributed by atoms with Crippen LogP contribution in [0.5, 0.6) is 0 Å². The van der Waals surface area contributed by atoms with E-state index in [1.54, 1.807) is 0 Å². The van der Waals surface area contributed by atoms with E-state index >= 15 is 0 Å². The number of ether oxygens (including phenoxy) is 1. The number of hydrogen-bond donors (Lipinski definition) is 2. The van der Waals surface area contributed by atoms with E-state index in [0.29, 0.717) is 24.4 Å². The number of hydrogen-bond acceptors (Lipinski definition) is 6. The average Bonchev–Trinajstić information content (AvgIpc) is 3.14. The highest BCUT2D eigenvalue weighted by atomic mass is 35.5. The first-order valence-corrected chi connectivity index (χ1v) is 18.4. The number of halogens is 4. The van der Waals surface area contributed by atoms with Crippen LogP contribution < -0.4 is 5.32 Å². The minimum absolute atomic E-state index is 0. The van der Waals surface area contributed by atoms with E-state index < -0.39 is 5.60 Å². The van der Waals surface area contributed by atoms with Gasteiger partial charge in [0.1, 0.15) is 0 Å². The van der Waals surface area contributed by atoms with Gasteiger partial charge in [-0.05, 0) is 87.0 Å². The standard InChI is InChI=1S/C40H53ClN4O3.3ClH/c41-37-14-12-36(13-15-37)40(47)19-24-43(25-20-40)21-7-18-39(34-8-3-1-4-9-34,35-10-5-2-6-11-35)32-42-38(46)33-16-22-44(23-17-33)26-27-45-28-30-48-31-29-45;;;/h1-6,8-15,33,47H,7,16-32H2,(H,42,46);3*1H. The molecule has 0 atom stereocenters. The van der Waals surface area contributed by atoms with E-state index in [1.165, 1.54) is 11.1 Å². The van der Waals surface area contributed by atoms with Crippen molar-refractivity contribution in [1.29, 1.82) is 0 Å². The predicted octanol–water partition coefficient (Wildman–Crippen LogP) is 6.82. The van der Waals surface area contributed by atoms with Gasteiger partial charge in [0.05, 0.1) is 18.8 Å². The lowest BCUT2D eigenvalue weighted by Crippen LogP contribution is -2.48. The van der Waals surface area contributed by atoms with Crippen LogP contribution in [0.3, 0.4) is 0 Å². The molecule has 3 saturated heterocycles. The number of nitrogens with one attached hydrogen (secondary N) is 1. The van der Waals surface area contributed by atoms with E-state index in [4.69, 9.17) is 16.3 Å². The number of aliphatic hydroxyl groups is 1. The third kappa shape index (κ3) is 11.5. The number of amides is 1. The molecule has 0 bridgehead atoms. The first-order chi connectivity index (χ1) is 23.4. The molecule has 0 spiro atoms. The summed E-state index contributed by atoms with van der Waals surface area (Å²) in [5, 5.41) is 15.6. The molecule has 0 aromatic heterocycles. The summed E-state index contributed by atoms with van der Waals surface area (Å²) >= 11 is 6.10. The molecule has 0 radical (unpaired) electrons. The number of likely N-dealkylation sites (tertiary alicyclic amines) is 2. The molecule has 1 amide bonds. The SMILES string of the molecule is Cl.Cl.Cl.O=C(NCC(CCCN1CCC(O)(c2ccc(Cl)cc2)CC1)(c1ccccc1)c1ccccc1)C1CCN(CCN2CCOCC2)CC1. The van der Waals surface area contributed by atoms with Crippen molar-refractivity contribution in [3.63, 3.8) is 0 Å². The van der Waals surface area contributed by atoms with Gasteiger partial charge in [-0.15, -0.1) is 37.2 Å². The normalized spacial score (nSPS) is 18.9. The van der Waals surface area contributed by atoms with Crippen LogP contribution in [0.15, 0.2) is 84.9 Å². The zero-order chi connectivity index (χ0) is 33.2. The van der Waals surface area contributed by atoms with Crippen molar-refractivity contribution in [3.05, 3.63) is 107 Å². The highest BCUT2D eigenvalue weighted by molar-refractivity contribution is 6.30. The molecule has 7 nitrogen and oxygen atoms in total. The second-order valence-corrected chi connectivity index (χ2v) is 14.5. The van der Waals surface area contributed by atoms with E-state index in [1.807, 2.05) is 24.3 Å². The number of nitrogens with zero attached hydrogens (tertiary/aromatic N) is 3. The first kappa shape index (κ1) is 43.5. The summed E-state index contributed by atoms with van der Waals surface area (Å²) in [6, 6.07) is 29.1. The van der Waals surface area contributed by atoms with Crippen LogP contribution in [-0.4, -0.2) is 104 Å². The summed E-state index contributed by atoms with van der Waals surface area (Å²) in [4.78, 5) is 21.2. The van der Waals surface area contributed by atoms with Gasteiger partial charge in [-0.25, -0.2) is 0 Å². The van der Waals surface area contributed by atoms with Gasteiger partial charge in [0, 0.05) is 62.2 Å². The van der Waals surface area contributed by atoms with Crippen molar-refractivity contribution in [2.75, 3.05) is 78.7 Å². The van der Waals surface area contributed by atoms with Crippen LogP contribution >= 0.6 is 48.8 Å². The molecule has 0 unspecified atom stereocenters. The minimum Gasteiger partial charge on any atom is -0.385 e. The van der Waals surface area contributed by atoms with Crippen molar-refractivity contribution in [2.24, 2.45) is 5.92 Å². The molecule has 0 saturated carbocycles. The lowest BCUT2D eigenvalue weighted by atomic mass is 9.71. The number of morpholine rings is 1. The maximum atomic E-state index is 13.7. The van der Waals surface area contributed by atoms with E-state index in [-0.39, 0.29) is 54.5 Å². The van der Waals surface area contributed by atoms with E-state index in [0.717, 1.165) is 103 Å². The van der Waals surface area contributed by atoms with Crippen LogP contribution in [0, 0.1) is 5.92 Å². The molecule has 3 fully saturated rings. The fourth-order valence-corrected chi connectivity index (χ4v) is 8.10. The van der Waals surface area contributed by atoms with Gasteiger partial charge >= 0.3 is 0 Å². The Balaban J connectivity index is 0.00000234. The van der Waals surface area contributed by atoms with Crippen molar-refractivity contribution in [1.82, 2.24) is 20.0 Å². The Morgan fingerprint density at radius 2 is 1.25 bits per heavy atom. The monoisotopic (exact) mass is 780 g/mol. The molecule has 6 rings (SSSR count). The molecule has 2 N–H and O–H groups in total. The van der Waals surface area contributed by atoms with Crippen molar-refractivity contribution in [2.45, 2.75) is 49.5 Å². The maximum absolute atomic E-state index is 13.7. The molecule has 3 aliphatic heterocycles. The van der Waals surface area contributed by atoms with Gasteiger partial charge in [0.2, 0.25) is 5.91 Å². The summed E-state index contributed by atoms with van der Waals surface area (Å²) in [6.07, 6.45) is 5.14. The Bertz CT molecular complexity index is 1380. The summed E-state index contributed by atoms with van der Waals surface area (Å²) in [5.74, 6) is 0.248. The maximum Gasteiger partial charge on any atom is 0.223 e. The molecule has 3 aliphatic rings. The summed E-state index contributed by atoms with van der Waals surface area (Å²) in [5.41, 5.74) is 2.29. The summed E-state index contributed by atoms with van der Waals surface area (Å²) in [7, 11) is 0. The quantitative estimate of drug-likeness (QED) is 0.199. The van der Waals surface area contributed by atoms with Gasteiger partial charge in [-0.3, -0.25) is 9.69 Å². The molecule has 11 heteroatoms. The van der Waals surface area contributed by atoms with Crippen LogP contribution in [0.1, 0.15) is 55.2 Å². The highest BCUT2D eigenvalue weighted by Crippen LogP contribution is 2.38. The van der Waals surface area contributed by atoms with Crippen molar-refractivity contribution in [3.8, 4) is 0 Å². The Morgan fingerprint density at radius 1 is 0.745 bits per heavy atom. The first-order valence-electron chi connectivity index (χ1n) is 18.1. The molecular formula is C40H56Cl4N4O3. The second-order valence-electron chi connectivity index (χ2n) is 14.1. The molecule has 3 heterocycles. The van der Waals surface area contributed by atoms with Gasteiger partial charge in [-0.2, -0.15) is 0 Å². The van der Waals surface area contributed by atoms with Crippen LogP contribution in [-0.2, 0) is 20.5 Å². The third-order valence-corrected chi connectivity index (χ3v) is 11.4. The van der Waals surface area contributed by atoms with Gasteiger partial charge in [0.15, 0.2) is 0 Å². The molecule has 3 aromatic rings. The van der Waals surface area contributed by atoms with Crippen molar-refractivity contribution < 1.29 is 14.6 Å². The fourth-order valence-electron chi connectivity index (χ4n) is 7.97. The molecule has 282 valence electrons. The summed E-state index contributed by atoms with van der Waals surface area (Å²) < 4.78 is 5.49. The Morgan fingerprint density at radius 3 is 1.80 bits per heavy atom. The van der Waals surface area contributed by atoms with E-state index in [9.17, 15) is 9.90 Å². The Hall–Kier alpha value is -1.91. The number of benzene rings is 3. The van der Waals surface area contributed by atoms with Crippen molar-refractivity contribution >= 4 is 54.7 Å². The van der Waals surface area contributed by atoms with Gasteiger partial charge in [0.25, 0.3) is 0 Å². The minimum atomic E-state index is -0.803. The molecule has 3 aromatic carbocycles. The number of piperidine rings is 2. The highest BCUT2D eigenvalue weighted by Gasteiger charge is 2.37. The second kappa shape index (κ2) is 21.1. The Labute approximate surface area is 328 Å². The lowest BCUT2D eigenvalue weighted by molar-refractivity contribution is -0.126. The molecule has 51 heavy (non-hydrogen) atoms. The zero-order valence-electron chi connectivity index (χ0n) is 29.6. The topological polar surface area (TPSA) is 68.3 Å². The zero-order valence-corrected chi connectivity index (χ0v) is 32.8. The van der Waals surface area contributed by atoms with Crippen LogP contribution in [0.2, 0.25) is 5.02 Å². The Kier molecular flexibility index (Phi) is 18.0. The number of rotatable bonds is 13. The number of carbonyl (C=O) groups is 1. The predicted molar refractivity (Wildman–Crippen MR) is 215 cm³/mol. The van der Waals surface area contributed by atoms with Gasteiger partial charge < -0.3 is 25.0 Å². The average molecular weight is 783 g/mol. The van der Waals surface area contributed by atoms with Crippen LogP contribution in [0.4, 0.5) is 0 Å². The third-order valence-electron chi connectivity index (χ3n) is 11.2. The number of carbonyl (C=O) groups excluding carboxylic acids is 1. The molecule has 0 aliphatic carbocycles. The fraction of sp³-hybridized carbons (Fsp3) is 0.525. The van der Waals surface area contributed by atoms with E-state index in [2.05, 4.69) is 80.7 Å². The smallest absolute Gasteiger partial charge is 0.223 e. The van der Waals surface area contributed by atoms with Gasteiger partial charge in [-0.1, -0.05) is 84.4 Å². The lowest BCUT2D eigenvalue weighted by Gasteiger charge is -2.40. The van der Waals surface area contributed by atoms with Crippen LogP contribution in [0.25, 0.3) is 0 Å².